The van der Waals surface area contributed by atoms with E-state index in [1.54, 1.807) is 5.48 Å². The normalized spacial score (nSPS) is 21.4. The Morgan fingerprint density at radius 2 is 1.91 bits per heavy atom. The summed E-state index contributed by atoms with van der Waals surface area (Å²) in [7, 11) is -2.07. The Morgan fingerprint density at radius 1 is 1.35 bits per heavy atom. The number of carbonyl (C=O) groups is 2. The Bertz CT molecular complexity index is 786. The standard InChI is InChI=1S/C13H15N3O6S/c1-16-12(19)13(15-20,7-10(17)18)11(14-16)8-3-5-9(6-4-8)23(2,21)22/h3-6,15,20H,7H2,1-2H3,(H,17,18). The summed E-state index contributed by atoms with van der Waals surface area (Å²) >= 11 is 0. The number of carbonyl (C=O) groups excluding carboxylic acids is 1. The number of benzene rings is 1. The number of carboxylic acid groups (broad SMARTS) is 1. The number of nitrogens with one attached hydrogen (secondary N) is 1. The Morgan fingerprint density at radius 3 is 2.35 bits per heavy atom. The first kappa shape index (κ1) is 17.1. The lowest BCUT2D eigenvalue weighted by Gasteiger charge is -2.25. The Kier molecular flexibility index (Phi) is 4.24. The van der Waals surface area contributed by atoms with Crippen molar-refractivity contribution in [2.75, 3.05) is 13.3 Å². The quantitative estimate of drug-likeness (QED) is 0.612. The van der Waals surface area contributed by atoms with Gasteiger partial charge < -0.3 is 10.3 Å². The van der Waals surface area contributed by atoms with E-state index < -0.39 is 33.7 Å². The van der Waals surface area contributed by atoms with Gasteiger partial charge in [-0.25, -0.2) is 13.4 Å². The van der Waals surface area contributed by atoms with Gasteiger partial charge in [0.1, 0.15) is 5.71 Å². The van der Waals surface area contributed by atoms with Gasteiger partial charge in [0, 0.05) is 18.9 Å². The van der Waals surface area contributed by atoms with E-state index in [4.69, 9.17) is 5.11 Å². The lowest BCUT2D eigenvalue weighted by molar-refractivity contribution is -0.145. The summed E-state index contributed by atoms with van der Waals surface area (Å²) in [6.45, 7) is 0. The number of amides is 1. The van der Waals surface area contributed by atoms with Crippen molar-refractivity contribution in [1.29, 1.82) is 0 Å². The average Bonchev–Trinajstić information content (AvgIpc) is 2.71. The van der Waals surface area contributed by atoms with Crippen molar-refractivity contribution >= 4 is 27.4 Å². The predicted molar refractivity (Wildman–Crippen MR) is 78.8 cm³/mol. The Hall–Kier alpha value is -2.30. The fraction of sp³-hybridized carbons (Fsp3) is 0.308. The first-order valence-electron chi connectivity index (χ1n) is 6.42. The van der Waals surface area contributed by atoms with Crippen LogP contribution in [-0.2, 0) is 19.4 Å². The van der Waals surface area contributed by atoms with Gasteiger partial charge in [0.15, 0.2) is 15.4 Å². The maximum atomic E-state index is 12.2. The molecule has 10 heteroatoms. The van der Waals surface area contributed by atoms with E-state index in [0.29, 0.717) is 5.56 Å². The number of hydroxylamine groups is 1. The van der Waals surface area contributed by atoms with Crippen molar-refractivity contribution in [2.24, 2.45) is 5.10 Å². The molecule has 23 heavy (non-hydrogen) atoms. The zero-order valence-electron chi connectivity index (χ0n) is 12.3. The van der Waals surface area contributed by atoms with E-state index >= 15 is 0 Å². The zero-order valence-corrected chi connectivity index (χ0v) is 13.2. The van der Waals surface area contributed by atoms with Crippen LogP contribution >= 0.6 is 0 Å². The summed E-state index contributed by atoms with van der Waals surface area (Å²) in [6, 6.07) is 5.43. The molecule has 0 bridgehead atoms. The molecule has 0 fully saturated rings. The lowest BCUT2D eigenvalue weighted by atomic mass is 9.86. The number of likely N-dealkylation sites (N-methyl/N-ethyl adjacent to an activating group) is 1. The minimum absolute atomic E-state index is 0.00467. The molecule has 1 amide bonds. The second-order valence-electron chi connectivity index (χ2n) is 5.16. The van der Waals surface area contributed by atoms with Crippen molar-refractivity contribution in [1.82, 2.24) is 10.5 Å². The second-order valence-corrected chi connectivity index (χ2v) is 7.18. The van der Waals surface area contributed by atoms with E-state index in [2.05, 4.69) is 5.10 Å². The number of sulfone groups is 1. The summed E-state index contributed by atoms with van der Waals surface area (Å²) in [6.07, 6.45) is 0.329. The number of nitrogens with zero attached hydrogens (tertiary/aromatic N) is 2. The van der Waals surface area contributed by atoms with E-state index in [-0.39, 0.29) is 10.6 Å². The first-order chi connectivity index (χ1) is 10.6. The maximum Gasteiger partial charge on any atom is 0.306 e. The van der Waals surface area contributed by atoms with E-state index in [9.17, 15) is 23.2 Å². The van der Waals surface area contributed by atoms with Crippen molar-refractivity contribution in [3.05, 3.63) is 29.8 Å². The van der Waals surface area contributed by atoms with E-state index in [1.165, 1.54) is 31.3 Å². The smallest absolute Gasteiger partial charge is 0.306 e. The van der Waals surface area contributed by atoms with Gasteiger partial charge in [-0.05, 0) is 12.1 Å². The molecule has 2 rings (SSSR count). The van der Waals surface area contributed by atoms with E-state index in [0.717, 1.165) is 11.3 Å². The molecule has 1 unspecified atom stereocenters. The summed E-state index contributed by atoms with van der Waals surface area (Å²) in [5, 5.41) is 23.4. The summed E-state index contributed by atoms with van der Waals surface area (Å²) in [4.78, 5) is 23.4. The topological polar surface area (TPSA) is 136 Å². The molecule has 1 heterocycles. The van der Waals surface area contributed by atoms with Crippen LogP contribution in [0, 0.1) is 0 Å². The van der Waals surface area contributed by atoms with Crippen molar-refractivity contribution < 1.29 is 28.3 Å². The molecule has 0 radical (unpaired) electrons. The average molecular weight is 341 g/mol. The molecule has 0 aromatic heterocycles. The molecule has 0 saturated heterocycles. The number of hydrogen-bond donors (Lipinski definition) is 3. The van der Waals surface area contributed by atoms with E-state index in [1.807, 2.05) is 0 Å². The van der Waals surface area contributed by atoms with Gasteiger partial charge in [-0.15, -0.1) is 0 Å². The van der Waals surface area contributed by atoms with Gasteiger partial charge in [0.2, 0.25) is 0 Å². The molecule has 0 spiro atoms. The SMILES string of the molecule is CN1N=C(c2ccc(S(C)(=O)=O)cc2)C(CC(=O)O)(NO)C1=O. The van der Waals surface area contributed by atoms with Gasteiger partial charge in [-0.2, -0.15) is 10.6 Å². The summed E-state index contributed by atoms with van der Waals surface area (Å²) < 4.78 is 23.0. The largest absolute Gasteiger partial charge is 0.481 e. The highest BCUT2D eigenvalue weighted by molar-refractivity contribution is 7.90. The molecule has 0 aliphatic carbocycles. The molecular formula is C13H15N3O6S. The Labute approximate surface area is 132 Å². The molecule has 3 N–H and O–H groups in total. The third-order valence-corrected chi connectivity index (χ3v) is 4.60. The van der Waals surface area contributed by atoms with Crippen LogP contribution in [0.5, 0.6) is 0 Å². The van der Waals surface area contributed by atoms with Crippen LogP contribution in [0.1, 0.15) is 12.0 Å². The molecule has 1 aliphatic rings. The van der Waals surface area contributed by atoms with Crippen LogP contribution in [0.2, 0.25) is 0 Å². The highest BCUT2D eigenvalue weighted by Gasteiger charge is 2.52. The number of carboxylic acids is 1. The number of hydrogen-bond acceptors (Lipinski definition) is 7. The van der Waals surface area contributed by atoms with Crippen LogP contribution in [0.15, 0.2) is 34.3 Å². The second kappa shape index (κ2) is 5.72. The van der Waals surface area contributed by atoms with Gasteiger partial charge in [0.25, 0.3) is 5.91 Å². The molecular weight excluding hydrogens is 326 g/mol. The predicted octanol–water partition coefficient (Wildman–Crippen LogP) is -0.541. The van der Waals surface area contributed by atoms with Crippen LogP contribution < -0.4 is 5.48 Å². The molecule has 1 aromatic carbocycles. The minimum Gasteiger partial charge on any atom is -0.481 e. The summed E-state index contributed by atoms with van der Waals surface area (Å²) in [5.74, 6) is -2.04. The van der Waals surface area contributed by atoms with Gasteiger partial charge in [-0.1, -0.05) is 12.1 Å². The number of aliphatic carboxylic acids is 1. The van der Waals surface area contributed by atoms with Crippen LogP contribution in [0.4, 0.5) is 0 Å². The summed E-state index contributed by atoms with van der Waals surface area (Å²) in [5.41, 5.74) is 0.151. The molecule has 0 saturated carbocycles. The minimum atomic E-state index is -3.39. The zero-order chi connectivity index (χ0) is 17.4. The van der Waals surface area contributed by atoms with Crippen LogP contribution in [0.3, 0.4) is 0 Å². The highest BCUT2D eigenvalue weighted by Crippen LogP contribution is 2.27. The highest BCUT2D eigenvalue weighted by atomic mass is 32.2. The third-order valence-electron chi connectivity index (χ3n) is 3.48. The van der Waals surface area contributed by atoms with Gasteiger partial charge in [0.05, 0.1) is 11.3 Å². The molecule has 1 atom stereocenters. The molecule has 124 valence electrons. The van der Waals surface area contributed by atoms with Crippen LogP contribution in [-0.4, -0.2) is 60.2 Å². The first-order valence-corrected chi connectivity index (χ1v) is 8.32. The van der Waals surface area contributed by atoms with Crippen molar-refractivity contribution in [3.8, 4) is 0 Å². The molecule has 9 nitrogen and oxygen atoms in total. The fourth-order valence-electron chi connectivity index (χ4n) is 2.35. The maximum absolute atomic E-state index is 12.2. The molecule has 1 aromatic rings. The van der Waals surface area contributed by atoms with Crippen molar-refractivity contribution in [2.45, 2.75) is 16.9 Å². The van der Waals surface area contributed by atoms with Crippen LogP contribution in [0.25, 0.3) is 0 Å². The van der Waals surface area contributed by atoms with Crippen molar-refractivity contribution in [3.63, 3.8) is 0 Å². The molecule has 1 aliphatic heterocycles. The Balaban J connectivity index is 2.53. The number of rotatable bonds is 5. The van der Waals surface area contributed by atoms with Gasteiger partial charge in [-0.3, -0.25) is 9.59 Å². The van der Waals surface area contributed by atoms with Gasteiger partial charge >= 0.3 is 5.97 Å². The third kappa shape index (κ3) is 2.96. The number of hydrazone groups is 1. The monoisotopic (exact) mass is 341 g/mol. The lowest BCUT2D eigenvalue weighted by Crippen LogP contribution is -2.57. The fourth-order valence-corrected chi connectivity index (χ4v) is 2.98.